The Kier molecular flexibility index (Phi) is 4.88. The molecule has 3 heterocycles. The van der Waals surface area contributed by atoms with E-state index in [9.17, 15) is 9.59 Å². The lowest BCUT2D eigenvalue weighted by Gasteiger charge is -2.32. The average Bonchev–Trinajstić information content (AvgIpc) is 2.97. The fourth-order valence-electron chi connectivity index (χ4n) is 3.06. The Labute approximate surface area is 147 Å². The lowest BCUT2D eigenvalue weighted by Crippen LogP contribution is -2.42. The summed E-state index contributed by atoms with van der Waals surface area (Å²) in [5.41, 5.74) is 2.04. The van der Waals surface area contributed by atoms with Crippen molar-refractivity contribution in [2.45, 2.75) is 32.8 Å². The number of carbonyl (C=O) groups is 2. The molecule has 132 valence electrons. The molecule has 0 radical (unpaired) electrons. The summed E-state index contributed by atoms with van der Waals surface area (Å²) in [5, 5.41) is 0. The summed E-state index contributed by atoms with van der Waals surface area (Å²) >= 11 is 0. The van der Waals surface area contributed by atoms with Crippen LogP contribution in [0.2, 0.25) is 0 Å². The lowest BCUT2D eigenvalue weighted by atomic mass is 10.1. The molecule has 6 nitrogen and oxygen atoms in total. The Bertz CT molecular complexity index is 789. The van der Waals surface area contributed by atoms with Crippen LogP contribution in [0, 0.1) is 6.92 Å². The number of nitrogens with zero attached hydrogens (tertiary/aromatic N) is 3. The number of hydrogen-bond acceptors (Lipinski definition) is 4. The predicted molar refractivity (Wildman–Crippen MR) is 93.9 cm³/mol. The number of pyridine rings is 1. The number of carbonyl (C=O) groups excluding carboxylic acids is 2. The number of aryl methyl sites for hydroxylation is 2. The van der Waals surface area contributed by atoms with Crippen LogP contribution >= 0.6 is 0 Å². The van der Waals surface area contributed by atoms with Crippen LogP contribution in [0.3, 0.4) is 0 Å². The molecule has 1 saturated heterocycles. The second-order valence-electron chi connectivity index (χ2n) is 6.51. The van der Waals surface area contributed by atoms with Gasteiger partial charge in [0.15, 0.2) is 5.78 Å². The third-order valence-corrected chi connectivity index (χ3v) is 4.51. The standard InChI is InChI=1S/C19H23N3O3/c1-13-5-4-6-18(20-13)25-16-7-9-22(10-8-16)19(24)17-11-15(14(2)23)12-21(17)3/h4-6,11-12,16H,7-10H2,1-3H3. The second-order valence-corrected chi connectivity index (χ2v) is 6.51. The van der Waals surface area contributed by atoms with Crippen molar-refractivity contribution in [2.75, 3.05) is 13.1 Å². The zero-order chi connectivity index (χ0) is 18.0. The van der Waals surface area contributed by atoms with Crippen molar-refractivity contribution in [1.82, 2.24) is 14.5 Å². The highest BCUT2D eigenvalue weighted by atomic mass is 16.5. The summed E-state index contributed by atoms with van der Waals surface area (Å²) < 4.78 is 7.65. The van der Waals surface area contributed by atoms with Crippen LogP contribution in [0.5, 0.6) is 5.88 Å². The SMILES string of the molecule is CC(=O)c1cc(C(=O)N2CCC(Oc3cccc(C)n3)CC2)n(C)c1. The van der Waals surface area contributed by atoms with E-state index >= 15 is 0 Å². The molecule has 0 bridgehead atoms. The molecule has 0 aliphatic carbocycles. The van der Waals surface area contributed by atoms with E-state index < -0.39 is 0 Å². The molecule has 0 saturated carbocycles. The molecule has 0 aromatic carbocycles. The largest absolute Gasteiger partial charge is 0.474 e. The van der Waals surface area contributed by atoms with E-state index in [-0.39, 0.29) is 17.8 Å². The van der Waals surface area contributed by atoms with Gasteiger partial charge in [-0.15, -0.1) is 0 Å². The Balaban J connectivity index is 1.60. The fourth-order valence-corrected chi connectivity index (χ4v) is 3.06. The second kappa shape index (κ2) is 7.09. The van der Waals surface area contributed by atoms with Gasteiger partial charge in [-0.05, 0) is 26.0 Å². The van der Waals surface area contributed by atoms with Crippen molar-refractivity contribution in [1.29, 1.82) is 0 Å². The maximum absolute atomic E-state index is 12.7. The van der Waals surface area contributed by atoms with Gasteiger partial charge in [0.1, 0.15) is 11.8 Å². The van der Waals surface area contributed by atoms with Gasteiger partial charge in [-0.25, -0.2) is 4.98 Å². The smallest absolute Gasteiger partial charge is 0.270 e. The van der Waals surface area contributed by atoms with E-state index in [2.05, 4.69) is 4.98 Å². The van der Waals surface area contributed by atoms with Crippen LogP contribution in [0.15, 0.2) is 30.5 Å². The van der Waals surface area contributed by atoms with Gasteiger partial charge in [0, 0.05) is 56.5 Å². The minimum Gasteiger partial charge on any atom is -0.474 e. The summed E-state index contributed by atoms with van der Waals surface area (Å²) in [6.45, 7) is 4.71. The van der Waals surface area contributed by atoms with Crippen LogP contribution in [0.25, 0.3) is 0 Å². The van der Waals surface area contributed by atoms with Gasteiger partial charge in [0.2, 0.25) is 5.88 Å². The van der Waals surface area contributed by atoms with Crippen LogP contribution in [-0.2, 0) is 7.05 Å². The highest BCUT2D eigenvalue weighted by Gasteiger charge is 2.26. The molecule has 1 aliphatic rings. The average molecular weight is 341 g/mol. The number of hydrogen-bond donors (Lipinski definition) is 0. The molecule has 1 aliphatic heterocycles. The molecule has 25 heavy (non-hydrogen) atoms. The van der Waals surface area contributed by atoms with Gasteiger partial charge in [0.05, 0.1) is 0 Å². The molecule has 6 heteroatoms. The molecular formula is C19H23N3O3. The van der Waals surface area contributed by atoms with Crippen molar-refractivity contribution in [3.8, 4) is 5.88 Å². The van der Waals surface area contributed by atoms with E-state index in [0.717, 1.165) is 18.5 Å². The Morgan fingerprint density at radius 3 is 2.56 bits per heavy atom. The molecule has 0 N–H and O–H groups in total. The minimum atomic E-state index is -0.0397. The summed E-state index contributed by atoms with van der Waals surface area (Å²) in [6.07, 6.45) is 3.31. The number of amides is 1. The number of likely N-dealkylation sites (tertiary alicyclic amines) is 1. The molecule has 2 aromatic heterocycles. The zero-order valence-electron chi connectivity index (χ0n) is 14.9. The van der Waals surface area contributed by atoms with Gasteiger partial charge >= 0.3 is 0 Å². The third kappa shape index (κ3) is 3.90. The number of rotatable bonds is 4. The quantitative estimate of drug-likeness (QED) is 0.802. The first kappa shape index (κ1) is 17.2. The number of Topliss-reactive ketones (excluding diaryl/α,β-unsaturated/α-hetero) is 1. The van der Waals surface area contributed by atoms with Crippen molar-refractivity contribution in [2.24, 2.45) is 7.05 Å². The first-order chi connectivity index (χ1) is 11.9. The Morgan fingerprint density at radius 2 is 1.96 bits per heavy atom. The molecule has 0 atom stereocenters. The van der Waals surface area contributed by atoms with Crippen molar-refractivity contribution >= 4 is 11.7 Å². The predicted octanol–water partition coefficient (Wildman–Crippen LogP) is 2.61. The molecule has 3 rings (SSSR count). The molecule has 0 spiro atoms. The van der Waals surface area contributed by atoms with Gasteiger partial charge in [-0.2, -0.15) is 0 Å². The van der Waals surface area contributed by atoms with Gasteiger partial charge < -0.3 is 14.2 Å². The molecule has 1 fully saturated rings. The van der Waals surface area contributed by atoms with Crippen LogP contribution in [-0.4, -0.2) is 45.3 Å². The zero-order valence-corrected chi connectivity index (χ0v) is 14.9. The van der Waals surface area contributed by atoms with Crippen molar-refractivity contribution in [3.63, 3.8) is 0 Å². The normalized spacial score (nSPS) is 15.2. The maximum atomic E-state index is 12.7. The topological polar surface area (TPSA) is 64.4 Å². The van der Waals surface area contributed by atoms with E-state index in [4.69, 9.17) is 4.74 Å². The Morgan fingerprint density at radius 1 is 1.24 bits per heavy atom. The molecule has 0 unspecified atom stereocenters. The van der Waals surface area contributed by atoms with E-state index in [1.54, 1.807) is 23.9 Å². The number of ketones is 1. The highest BCUT2D eigenvalue weighted by Crippen LogP contribution is 2.20. The highest BCUT2D eigenvalue weighted by molar-refractivity contribution is 5.99. The monoisotopic (exact) mass is 341 g/mol. The van der Waals surface area contributed by atoms with Gasteiger partial charge in [-0.1, -0.05) is 6.07 Å². The van der Waals surface area contributed by atoms with Gasteiger partial charge in [-0.3, -0.25) is 9.59 Å². The first-order valence-electron chi connectivity index (χ1n) is 8.51. The lowest BCUT2D eigenvalue weighted by molar-refractivity contribution is 0.0579. The van der Waals surface area contributed by atoms with Crippen molar-refractivity contribution in [3.05, 3.63) is 47.4 Å². The molecule has 1 amide bonds. The van der Waals surface area contributed by atoms with Gasteiger partial charge in [0.25, 0.3) is 5.91 Å². The van der Waals surface area contributed by atoms with Crippen LogP contribution in [0.4, 0.5) is 0 Å². The van der Waals surface area contributed by atoms with Crippen molar-refractivity contribution < 1.29 is 14.3 Å². The van der Waals surface area contributed by atoms with Crippen LogP contribution in [0.1, 0.15) is 46.3 Å². The first-order valence-corrected chi connectivity index (χ1v) is 8.51. The van der Waals surface area contributed by atoms with E-state index in [1.165, 1.54) is 6.92 Å². The number of ether oxygens (including phenoxy) is 1. The third-order valence-electron chi connectivity index (χ3n) is 4.51. The molecule has 2 aromatic rings. The number of piperidine rings is 1. The van der Waals surface area contributed by atoms with E-state index in [0.29, 0.717) is 30.2 Å². The summed E-state index contributed by atoms with van der Waals surface area (Å²) in [6, 6.07) is 7.39. The Hall–Kier alpha value is -2.63. The fraction of sp³-hybridized carbons (Fsp3) is 0.421. The summed E-state index contributed by atoms with van der Waals surface area (Å²) in [5.74, 6) is 0.563. The maximum Gasteiger partial charge on any atom is 0.270 e. The minimum absolute atomic E-state index is 0.0348. The summed E-state index contributed by atoms with van der Waals surface area (Å²) in [4.78, 5) is 30.4. The summed E-state index contributed by atoms with van der Waals surface area (Å²) in [7, 11) is 1.79. The number of aromatic nitrogens is 2. The van der Waals surface area contributed by atoms with Crippen LogP contribution < -0.4 is 4.74 Å². The molecular weight excluding hydrogens is 318 g/mol. The van der Waals surface area contributed by atoms with E-state index in [1.807, 2.05) is 30.0 Å².